The van der Waals surface area contributed by atoms with E-state index in [-0.39, 0.29) is 6.03 Å². The van der Waals surface area contributed by atoms with Crippen molar-refractivity contribution in [2.24, 2.45) is 0 Å². The summed E-state index contributed by atoms with van der Waals surface area (Å²) < 4.78 is 1.15. The molecule has 0 unspecified atom stereocenters. The lowest BCUT2D eigenvalue weighted by atomic mass is 10.1. The van der Waals surface area contributed by atoms with Gasteiger partial charge in [-0.1, -0.05) is 30.3 Å². The molecule has 0 bridgehead atoms. The maximum absolute atomic E-state index is 12.6. The minimum atomic E-state index is -0.0762. The van der Waals surface area contributed by atoms with Gasteiger partial charge in [0.25, 0.3) is 0 Å². The predicted molar refractivity (Wildman–Crippen MR) is 116 cm³/mol. The lowest BCUT2D eigenvalue weighted by Crippen LogP contribution is -2.37. The molecule has 2 aromatic carbocycles. The van der Waals surface area contributed by atoms with E-state index in [1.54, 1.807) is 16.2 Å². The molecular weight excluding hydrogens is 368 g/mol. The highest BCUT2D eigenvalue weighted by Crippen LogP contribution is 2.25. The molecule has 0 atom stereocenters. The standard InChI is InChI=1S/C22H26N4OS/c1-25(16-17-9-3-5-11-19(17)26-13-7-2-8-14-26)22(27)23-15-21-24-18-10-4-6-12-20(18)28-21/h3-6,9-12H,2,7-8,13-16H2,1H3,(H,23,27). The Balaban J connectivity index is 1.38. The van der Waals surface area contributed by atoms with Crippen molar-refractivity contribution in [3.05, 3.63) is 59.1 Å². The van der Waals surface area contributed by atoms with Gasteiger partial charge in [-0.05, 0) is 43.0 Å². The number of nitrogens with zero attached hydrogens (tertiary/aromatic N) is 3. The smallest absolute Gasteiger partial charge is 0.317 e. The molecule has 1 aromatic heterocycles. The van der Waals surface area contributed by atoms with Gasteiger partial charge in [0.15, 0.2) is 0 Å². The van der Waals surface area contributed by atoms with E-state index in [0.29, 0.717) is 13.1 Å². The van der Waals surface area contributed by atoms with Crippen LogP contribution in [-0.4, -0.2) is 36.1 Å². The quantitative estimate of drug-likeness (QED) is 0.686. The Kier molecular flexibility index (Phi) is 5.76. The number of carbonyl (C=O) groups excluding carboxylic acids is 1. The molecule has 0 saturated carbocycles. The van der Waals surface area contributed by atoms with E-state index >= 15 is 0 Å². The van der Waals surface area contributed by atoms with E-state index in [0.717, 1.165) is 28.3 Å². The number of fused-ring (bicyclic) bond motifs is 1. The second-order valence-corrected chi connectivity index (χ2v) is 8.38. The highest BCUT2D eigenvalue weighted by Gasteiger charge is 2.17. The van der Waals surface area contributed by atoms with E-state index in [2.05, 4.69) is 45.5 Å². The van der Waals surface area contributed by atoms with Crippen LogP contribution in [0.4, 0.5) is 10.5 Å². The minimum Gasteiger partial charge on any atom is -0.371 e. The van der Waals surface area contributed by atoms with Gasteiger partial charge in [-0.25, -0.2) is 9.78 Å². The number of piperidine rings is 1. The summed E-state index contributed by atoms with van der Waals surface area (Å²) in [7, 11) is 1.85. The van der Waals surface area contributed by atoms with Crippen LogP contribution >= 0.6 is 11.3 Å². The molecule has 1 aliphatic rings. The molecule has 3 aromatic rings. The fourth-order valence-corrected chi connectivity index (χ4v) is 4.60. The Morgan fingerprint density at radius 3 is 2.68 bits per heavy atom. The van der Waals surface area contributed by atoms with E-state index in [4.69, 9.17) is 0 Å². The Bertz CT molecular complexity index is 915. The van der Waals surface area contributed by atoms with Gasteiger partial charge in [-0.2, -0.15) is 0 Å². The number of nitrogens with one attached hydrogen (secondary N) is 1. The van der Waals surface area contributed by atoms with Gasteiger partial charge >= 0.3 is 6.03 Å². The van der Waals surface area contributed by atoms with Crippen molar-refractivity contribution in [1.82, 2.24) is 15.2 Å². The van der Waals surface area contributed by atoms with Crippen molar-refractivity contribution in [3.63, 3.8) is 0 Å². The Labute approximate surface area is 170 Å². The van der Waals surface area contributed by atoms with Crippen LogP contribution in [0, 0.1) is 0 Å². The normalized spacial score (nSPS) is 14.2. The van der Waals surface area contributed by atoms with Crippen molar-refractivity contribution in [2.75, 3.05) is 25.0 Å². The first-order valence-corrected chi connectivity index (χ1v) is 10.7. The Morgan fingerprint density at radius 2 is 1.86 bits per heavy atom. The highest BCUT2D eigenvalue weighted by molar-refractivity contribution is 7.18. The number of aromatic nitrogens is 1. The monoisotopic (exact) mass is 394 g/mol. The second kappa shape index (κ2) is 8.61. The zero-order valence-electron chi connectivity index (χ0n) is 16.2. The van der Waals surface area contributed by atoms with Crippen LogP contribution in [0.1, 0.15) is 29.8 Å². The molecular formula is C22H26N4OS. The molecule has 6 heteroatoms. The number of benzene rings is 2. The van der Waals surface area contributed by atoms with Gasteiger partial charge in [0.2, 0.25) is 0 Å². The second-order valence-electron chi connectivity index (χ2n) is 7.27. The predicted octanol–water partition coefficient (Wildman–Crippen LogP) is 4.63. The van der Waals surface area contributed by atoms with Crippen LogP contribution in [0.2, 0.25) is 0 Å². The molecule has 5 nitrogen and oxygen atoms in total. The van der Waals surface area contributed by atoms with Gasteiger partial charge in [-0.15, -0.1) is 11.3 Å². The summed E-state index contributed by atoms with van der Waals surface area (Å²) in [5.41, 5.74) is 3.44. The summed E-state index contributed by atoms with van der Waals surface area (Å²) in [4.78, 5) is 21.4. The number of carbonyl (C=O) groups is 1. The molecule has 28 heavy (non-hydrogen) atoms. The van der Waals surface area contributed by atoms with Gasteiger partial charge in [0.05, 0.1) is 16.8 Å². The molecule has 0 aliphatic carbocycles. The van der Waals surface area contributed by atoms with E-state index in [1.807, 2.05) is 25.2 Å². The first-order valence-electron chi connectivity index (χ1n) is 9.87. The fourth-order valence-electron chi connectivity index (χ4n) is 3.70. The fraction of sp³-hybridized carbons (Fsp3) is 0.364. The van der Waals surface area contributed by atoms with Gasteiger partial charge in [-0.3, -0.25) is 0 Å². The summed E-state index contributed by atoms with van der Waals surface area (Å²) in [5, 5.41) is 3.93. The third-order valence-corrected chi connectivity index (χ3v) is 6.21. The van der Waals surface area contributed by atoms with Gasteiger partial charge < -0.3 is 15.1 Å². The molecule has 1 saturated heterocycles. The maximum Gasteiger partial charge on any atom is 0.317 e. The summed E-state index contributed by atoms with van der Waals surface area (Å²) in [6, 6.07) is 16.4. The highest BCUT2D eigenvalue weighted by atomic mass is 32.1. The summed E-state index contributed by atoms with van der Waals surface area (Å²) >= 11 is 1.63. The molecule has 1 N–H and O–H groups in total. The van der Waals surface area contributed by atoms with Crippen LogP contribution in [0.3, 0.4) is 0 Å². The van der Waals surface area contributed by atoms with Crippen LogP contribution in [0.5, 0.6) is 0 Å². The number of urea groups is 1. The lowest BCUT2D eigenvalue weighted by Gasteiger charge is -2.31. The van der Waals surface area contributed by atoms with Crippen LogP contribution < -0.4 is 10.2 Å². The van der Waals surface area contributed by atoms with Crippen molar-refractivity contribution >= 4 is 33.3 Å². The topological polar surface area (TPSA) is 48.5 Å². The number of amides is 2. The number of anilines is 1. The zero-order valence-corrected chi connectivity index (χ0v) is 17.0. The molecule has 2 heterocycles. The molecule has 146 valence electrons. The average Bonchev–Trinajstić information content (AvgIpc) is 3.16. The minimum absolute atomic E-state index is 0.0762. The van der Waals surface area contributed by atoms with Crippen LogP contribution in [0.15, 0.2) is 48.5 Å². The zero-order chi connectivity index (χ0) is 19.3. The molecule has 1 fully saturated rings. The van der Waals surface area contributed by atoms with Crippen molar-refractivity contribution in [1.29, 1.82) is 0 Å². The van der Waals surface area contributed by atoms with E-state index in [1.165, 1.54) is 30.5 Å². The van der Waals surface area contributed by atoms with Crippen molar-refractivity contribution in [2.45, 2.75) is 32.4 Å². The third-order valence-electron chi connectivity index (χ3n) is 5.17. The summed E-state index contributed by atoms with van der Waals surface area (Å²) in [6.07, 6.45) is 3.80. The third kappa shape index (κ3) is 4.28. The van der Waals surface area contributed by atoms with Crippen LogP contribution in [-0.2, 0) is 13.1 Å². The molecule has 4 rings (SSSR count). The average molecular weight is 395 g/mol. The molecule has 2 amide bonds. The number of hydrogen-bond donors (Lipinski definition) is 1. The summed E-state index contributed by atoms with van der Waals surface area (Å²) in [5.74, 6) is 0. The molecule has 0 radical (unpaired) electrons. The molecule has 1 aliphatic heterocycles. The van der Waals surface area contributed by atoms with Gasteiger partial charge in [0.1, 0.15) is 5.01 Å². The molecule has 0 spiro atoms. The number of thiazole rings is 1. The van der Waals surface area contributed by atoms with Crippen LogP contribution in [0.25, 0.3) is 10.2 Å². The SMILES string of the molecule is CN(Cc1ccccc1N1CCCCC1)C(=O)NCc1nc2ccccc2s1. The first-order chi connectivity index (χ1) is 13.7. The number of rotatable bonds is 5. The van der Waals surface area contributed by atoms with Crippen molar-refractivity contribution in [3.8, 4) is 0 Å². The van der Waals surface area contributed by atoms with Crippen molar-refractivity contribution < 1.29 is 4.79 Å². The number of para-hydroxylation sites is 2. The lowest BCUT2D eigenvalue weighted by molar-refractivity contribution is 0.206. The number of hydrogen-bond acceptors (Lipinski definition) is 4. The summed E-state index contributed by atoms with van der Waals surface area (Å²) in [6.45, 7) is 3.25. The maximum atomic E-state index is 12.6. The Hall–Kier alpha value is -2.60. The van der Waals surface area contributed by atoms with E-state index in [9.17, 15) is 4.79 Å². The van der Waals surface area contributed by atoms with E-state index < -0.39 is 0 Å². The Morgan fingerprint density at radius 1 is 1.11 bits per heavy atom. The van der Waals surface area contributed by atoms with Gasteiger partial charge in [0, 0.05) is 32.4 Å². The largest absolute Gasteiger partial charge is 0.371 e. The first kappa shape index (κ1) is 18.7.